The van der Waals surface area contributed by atoms with Crippen LogP contribution in [0.4, 0.5) is 0 Å². The van der Waals surface area contributed by atoms with Gasteiger partial charge in [0.2, 0.25) is 11.8 Å². The maximum atomic E-state index is 13.2. The number of carboxylic acid groups (broad SMARTS) is 1. The molecule has 0 saturated carbocycles. The van der Waals surface area contributed by atoms with Gasteiger partial charge < -0.3 is 25.2 Å². The Morgan fingerprint density at radius 1 is 0.921 bits per heavy atom. The zero-order valence-electron chi connectivity index (χ0n) is 22.4. The summed E-state index contributed by atoms with van der Waals surface area (Å²) in [4.78, 5) is 50.6. The minimum atomic E-state index is -1.21. The Hall–Kier alpha value is -3.53. The molecular weight excluding hydrogens is 508 g/mol. The lowest BCUT2D eigenvalue weighted by Crippen LogP contribution is -2.54. The highest BCUT2D eigenvalue weighted by molar-refractivity contribution is 7.99. The van der Waals surface area contributed by atoms with Crippen molar-refractivity contribution in [3.63, 3.8) is 0 Å². The van der Waals surface area contributed by atoms with Crippen LogP contribution in [0.25, 0.3) is 0 Å². The fourth-order valence-electron chi connectivity index (χ4n) is 3.76. The Morgan fingerprint density at radius 2 is 1.61 bits per heavy atom. The Bertz CT molecular complexity index is 1110. The number of nitrogens with one attached hydrogen (secondary N) is 2. The number of hydrogen-bond donors (Lipinski definition) is 3. The summed E-state index contributed by atoms with van der Waals surface area (Å²) < 4.78 is 10.6. The van der Waals surface area contributed by atoms with E-state index >= 15 is 0 Å². The van der Waals surface area contributed by atoms with Crippen LogP contribution < -0.4 is 20.1 Å². The van der Waals surface area contributed by atoms with Gasteiger partial charge in [-0.3, -0.25) is 19.2 Å². The molecule has 3 atom stereocenters. The predicted molar refractivity (Wildman–Crippen MR) is 147 cm³/mol. The molecule has 0 saturated heterocycles. The van der Waals surface area contributed by atoms with Crippen LogP contribution in [0.15, 0.2) is 48.5 Å². The average Bonchev–Trinajstić information content (AvgIpc) is 2.90. The highest BCUT2D eigenvalue weighted by Gasteiger charge is 2.31. The Labute approximate surface area is 227 Å². The van der Waals surface area contributed by atoms with Crippen molar-refractivity contribution >= 4 is 35.3 Å². The number of Topliss-reactive ketones (excluding diaryl/α,β-unsaturated/α-hetero) is 1. The second-order valence-corrected chi connectivity index (χ2v) is 10.1. The average molecular weight is 545 g/mol. The molecule has 38 heavy (non-hydrogen) atoms. The standard InChI is InChI=1S/C28H36N2O7S/c1-17(2)26(30-27(34)18(3)21-13-20(36-4)11-12-24(21)37-5)28(35)29-22(14-25(32)33)23(31)16-38-15-19-9-7-6-8-10-19/h6-13,17-18,22,26H,14-16H2,1-5H3,(H,29,35)(H,30,34)(H,32,33). The number of methoxy groups -OCH3 is 2. The molecule has 0 heterocycles. The zero-order valence-corrected chi connectivity index (χ0v) is 23.2. The first-order chi connectivity index (χ1) is 18.1. The summed E-state index contributed by atoms with van der Waals surface area (Å²) in [6.07, 6.45) is -0.549. The van der Waals surface area contributed by atoms with Crippen LogP contribution in [0.5, 0.6) is 11.5 Å². The van der Waals surface area contributed by atoms with Crippen LogP contribution in [0.3, 0.4) is 0 Å². The fourth-order valence-corrected chi connectivity index (χ4v) is 4.69. The number of carbonyl (C=O) groups excluding carboxylic acids is 3. The normalized spacial score (nSPS) is 13.2. The molecule has 3 N–H and O–H groups in total. The minimum Gasteiger partial charge on any atom is -0.497 e. The highest BCUT2D eigenvalue weighted by atomic mass is 32.2. The molecule has 2 aromatic carbocycles. The van der Waals surface area contributed by atoms with E-state index in [0.29, 0.717) is 22.8 Å². The van der Waals surface area contributed by atoms with Crippen molar-refractivity contribution in [1.82, 2.24) is 10.6 Å². The van der Waals surface area contributed by atoms with Crippen LogP contribution in [-0.4, -0.2) is 60.7 Å². The number of hydrogen-bond acceptors (Lipinski definition) is 7. The fraction of sp³-hybridized carbons (Fsp3) is 0.429. The molecule has 0 fully saturated rings. The van der Waals surface area contributed by atoms with Gasteiger partial charge in [-0.15, -0.1) is 11.8 Å². The van der Waals surface area contributed by atoms with E-state index in [0.717, 1.165) is 5.56 Å². The van der Waals surface area contributed by atoms with Crippen LogP contribution >= 0.6 is 11.8 Å². The molecule has 0 radical (unpaired) electrons. The lowest BCUT2D eigenvalue weighted by atomic mass is 9.96. The summed E-state index contributed by atoms with van der Waals surface area (Å²) in [5.41, 5.74) is 1.62. The summed E-state index contributed by atoms with van der Waals surface area (Å²) in [5.74, 6) is -1.99. The SMILES string of the molecule is COc1ccc(OC)c(C(C)C(=O)NC(C(=O)NC(CC(=O)O)C(=O)CSCc2ccccc2)C(C)C)c1. The maximum absolute atomic E-state index is 13.2. The first-order valence-corrected chi connectivity index (χ1v) is 13.4. The molecule has 0 aliphatic carbocycles. The van der Waals surface area contributed by atoms with Gasteiger partial charge in [-0.1, -0.05) is 44.2 Å². The molecule has 0 spiro atoms. The van der Waals surface area contributed by atoms with Crippen molar-refractivity contribution in [2.45, 2.75) is 50.9 Å². The lowest BCUT2D eigenvalue weighted by molar-refractivity contribution is -0.140. The van der Waals surface area contributed by atoms with Crippen molar-refractivity contribution in [2.24, 2.45) is 5.92 Å². The van der Waals surface area contributed by atoms with Gasteiger partial charge in [0.05, 0.1) is 38.4 Å². The number of aliphatic carboxylic acids is 1. The Kier molecular flexibility index (Phi) is 12.1. The lowest BCUT2D eigenvalue weighted by Gasteiger charge is -2.26. The van der Waals surface area contributed by atoms with Gasteiger partial charge >= 0.3 is 5.97 Å². The number of rotatable bonds is 15. The van der Waals surface area contributed by atoms with Crippen LogP contribution in [-0.2, 0) is 24.9 Å². The van der Waals surface area contributed by atoms with Gasteiger partial charge in [0.15, 0.2) is 5.78 Å². The summed E-state index contributed by atoms with van der Waals surface area (Å²) >= 11 is 1.34. The van der Waals surface area contributed by atoms with Crippen molar-refractivity contribution in [3.05, 3.63) is 59.7 Å². The number of ketones is 1. The zero-order chi connectivity index (χ0) is 28.2. The molecule has 206 valence electrons. The summed E-state index contributed by atoms with van der Waals surface area (Å²) in [5, 5.41) is 14.6. The van der Waals surface area contributed by atoms with Gasteiger partial charge in [0, 0.05) is 11.3 Å². The quantitative estimate of drug-likeness (QED) is 0.311. The molecule has 2 rings (SSSR count). The van der Waals surface area contributed by atoms with E-state index in [1.54, 1.807) is 39.0 Å². The molecule has 0 aliphatic heterocycles. The Balaban J connectivity index is 2.10. The topological polar surface area (TPSA) is 131 Å². The number of carboxylic acids is 1. The monoisotopic (exact) mass is 544 g/mol. The maximum Gasteiger partial charge on any atom is 0.305 e. The van der Waals surface area contributed by atoms with E-state index < -0.39 is 48.0 Å². The van der Waals surface area contributed by atoms with Crippen molar-refractivity contribution in [1.29, 1.82) is 0 Å². The molecule has 0 bridgehead atoms. The molecular formula is C28H36N2O7S. The largest absolute Gasteiger partial charge is 0.497 e. The van der Waals surface area contributed by atoms with Crippen molar-refractivity contribution < 1.29 is 33.8 Å². The summed E-state index contributed by atoms with van der Waals surface area (Å²) in [7, 11) is 3.02. The third-order valence-electron chi connectivity index (χ3n) is 5.98. The minimum absolute atomic E-state index is 0.0402. The molecule has 2 amide bonds. The predicted octanol–water partition coefficient (Wildman–Crippen LogP) is 3.41. The second-order valence-electron chi connectivity index (χ2n) is 9.16. The van der Waals surface area contributed by atoms with E-state index in [9.17, 15) is 24.3 Å². The van der Waals surface area contributed by atoms with Gasteiger partial charge in [-0.05, 0) is 36.6 Å². The third-order valence-corrected chi connectivity index (χ3v) is 7.01. The summed E-state index contributed by atoms with van der Waals surface area (Å²) in [6.45, 7) is 5.19. The van der Waals surface area contributed by atoms with E-state index in [-0.39, 0.29) is 11.7 Å². The third kappa shape index (κ3) is 9.09. The van der Waals surface area contributed by atoms with E-state index in [1.807, 2.05) is 30.3 Å². The molecule has 10 heteroatoms. The van der Waals surface area contributed by atoms with E-state index in [1.165, 1.54) is 26.0 Å². The van der Waals surface area contributed by atoms with E-state index in [4.69, 9.17) is 9.47 Å². The van der Waals surface area contributed by atoms with Gasteiger partial charge in [0.1, 0.15) is 17.5 Å². The number of thioether (sulfide) groups is 1. The molecule has 9 nitrogen and oxygen atoms in total. The first-order valence-electron chi connectivity index (χ1n) is 12.3. The molecule has 0 aliphatic rings. The van der Waals surface area contributed by atoms with Gasteiger partial charge in [0.25, 0.3) is 0 Å². The van der Waals surface area contributed by atoms with Gasteiger partial charge in [-0.2, -0.15) is 0 Å². The molecule has 3 unspecified atom stereocenters. The van der Waals surface area contributed by atoms with Gasteiger partial charge in [-0.25, -0.2) is 0 Å². The van der Waals surface area contributed by atoms with E-state index in [2.05, 4.69) is 10.6 Å². The van der Waals surface area contributed by atoms with Crippen LogP contribution in [0, 0.1) is 5.92 Å². The highest BCUT2D eigenvalue weighted by Crippen LogP contribution is 2.30. The smallest absolute Gasteiger partial charge is 0.305 e. The second kappa shape index (κ2) is 15.0. The van der Waals surface area contributed by atoms with Crippen LogP contribution in [0.1, 0.15) is 44.2 Å². The molecule has 0 aromatic heterocycles. The number of amides is 2. The number of carbonyl (C=O) groups is 4. The number of benzene rings is 2. The van der Waals surface area contributed by atoms with Crippen LogP contribution in [0.2, 0.25) is 0 Å². The first kappa shape index (κ1) is 30.7. The Morgan fingerprint density at radius 3 is 2.18 bits per heavy atom. The van der Waals surface area contributed by atoms with Crippen molar-refractivity contribution in [2.75, 3.05) is 20.0 Å². The summed E-state index contributed by atoms with van der Waals surface area (Å²) in [6, 6.07) is 12.5. The van der Waals surface area contributed by atoms with Crippen molar-refractivity contribution in [3.8, 4) is 11.5 Å². The molecule has 2 aromatic rings. The number of ether oxygens (including phenoxy) is 2.